The van der Waals surface area contributed by atoms with Crippen molar-refractivity contribution >= 4 is 11.7 Å². The van der Waals surface area contributed by atoms with Gasteiger partial charge < -0.3 is 4.74 Å². The van der Waals surface area contributed by atoms with Crippen LogP contribution in [0.2, 0.25) is 0 Å². The topological polar surface area (TPSA) is 38.7 Å². The molecule has 0 fully saturated rings. The minimum atomic E-state index is -0.260. The zero-order chi connectivity index (χ0) is 11.0. The highest BCUT2D eigenvalue weighted by Crippen LogP contribution is 2.09. The van der Waals surface area contributed by atoms with Crippen LogP contribution in [0.5, 0.6) is 0 Å². The Bertz CT molecular complexity index is 221. The summed E-state index contributed by atoms with van der Waals surface area (Å²) in [5.74, 6) is -0.494. The number of rotatable bonds is 6. The van der Waals surface area contributed by atoms with Gasteiger partial charge in [0, 0.05) is 12.3 Å². The van der Waals surface area contributed by atoms with Crippen LogP contribution >= 0.6 is 0 Å². The molecule has 0 bridgehead atoms. The molecule has 0 aliphatic carbocycles. The van der Waals surface area contributed by atoms with Gasteiger partial charge in [-0.1, -0.05) is 13.0 Å². The van der Waals surface area contributed by atoms with E-state index in [0.717, 1.165) is 18.7 Å². The smallest absolute Gasteiger partial charge is 0.314 e. The first-order chi connectivity index (χ1) is 6.67. The third-order valence-electron chi connectivity index (χ3n) is 1.98. The van der Waals surface area contributed by atoms with Gasteiger partial charge in [-0.2, -0.15) is 0 Å². The quantitative estimate of drug-likeness (QED) is 0.372. The molecule has 80 valence electrons. The summed E-state index contributed by atoms with van der Waals surface area (Å²) in [5.41, 5.74) is 0.832. The van der Waals surface area contributed by atoms with Crippen LogP contribution in [-0.2, 0) is 9.53 Å². The van der Waals surface area contributed by atoms with E-state index in [1.807, 2.05) is 6.92 Å². The molecule has 0 saturated heterocycles. The molecule has 0 aromatic carbocycles. The van der Waals surface area contributed by atoms with Crippen LogP contribution in [0.1, 0.15) is 26.7 Å². The summed E-state index contributed by atoms with van der Waals surface area (Å²) in [5, 5.41) is 0. The van der Waals surface area contributed by atoms with E-state index >= 15 is 0 Å². The molecule has 0 aliphatic rings. The predicted molar refractivity (Wildman–Crippen MR) is 58.6 cm³/mol. The normalized spacial score (nSPS) is 13.5. The van der Waals surface area contributed by atoms with Crippen molar-refractivity contribution in [3.05, 3.63) is 12.7 Å². The number of hydrogen-bond acceptors (Lipinski definition) is 3. The molecule has 0 aromatic heterocycles. The Morgan fingerprint density at radius 3 is 2.71 bits per heavy atom. The lowest BCUT2D eigenvalue weighted by atomic mass is 10.0. The van der Waals surface area contributed by atoms with Crippen molar-refractivity contribution < 1.29 is 9.53 Å². The molecule has 0 rings (SSSR count). The number of allylic oxidation sites excluding steroid dienone is 1. The zero-order valence-electron chi connectivity index (χ0n) is 9.25. The largest absolute Gasteiger partial charge is 0.469 e. The van der Waals surface area contributed by atoms with Crippen LogP contribution < -0.4 is 0 Å². The van der Waals surface area contributed by atoms with E-state index in [4.69, 9.17) is 4.74 Å². The fourth-order valence-corrected chi connectivity index (χ4v) is 1.14. The molecule has 0 saturated carbocycles. The number of ether oxygens (including phenoxy) is 1. The van der Waals surface area contributed by atoms with Crippen molar-refractivity contribution in [2.75, 3.05) is 13.7 Å². The lowest BCUT2D eigenvalue weighted by Crippen LogP contribution is -2.23. The number of carbonyl (C=O) groups is 1. The number of aliphatic imine (C=N–C) groups is 1. The van der Waals surface area contributed by atoms with Gasteiger partial charge >= 0.3 is 5.97 Å². The molecule has 0 radical (unpaired) electrons. The second-order valence-corrected chi connectivity index (χ2v) is 3.12. The Morgan fingerprint density at radius 1 is 1.64 bits per heavy atom. The second kappa shape index (κ2) is 7.30. The summed E-state index contributed by atoms with van der Waals surface area (Å²) in [6.07, 6.45) is 3.29. The molecule has 0 aromatic rings. The lowest BCUT2D eigenvalue weighted by molar-refractivity contribution is -0.142. The lowest BCUT2D eigenvalue weighted by Gasteiger charge is -2.12. The van der Waals surface area contributed by atoms with Crippen LogP contribution in [0.3, 0.4) is 0 Å². The molecule has 1 unspecified atom stereocenters. The van der Waals surface area contributed by atoms with E-state index in [-0.39, 0.29) is 11.9 Å². The SMILES string of the molecule is C=CCC(C(=O)OC)C(C)=NCCC. The molecule has 1 atom stereocenters. The Balaban J connectivity index is 4.46. The first-order valence-electron chi connectivity index (χ1n) is 4.87. The maximum atomic E-state index is 11.4. The predicted octanol–water partition coefficient (Wildman–Crippen LogP) is 2.22. The summed E-state index contributed by atoms with van der Waals surface area (Å²) < 4.78 is 4.70. The van der Waals surface area contributed by atoms with Crippen molar-refractivity contribution in [1.82, 2.24) is 0 Å². The van der Waals surface area contributed by atoms with Gasteiger partial charge in [-0.15, -0.1) is 6.58 Å². The Labute approximate surface area is 85.9 Å². The molecule has 0 heterocycles. The van der Waals surface area contributed by atoms with Gasteiger partial charge in [0.25, 0.3) is 0 Å². The van der Waals surface area contributed by atoms with Crippen LogP contribution in [0.15, 0.2) is 17.6 Å². The summed E-state index contributed by atoms with van der Waals surface area (Å²) in [4.78, 5) is 15.7. The Kier molecular flexibility index (Phi) is 6.72. The average Bonchev–Trinajstić information content (AvgIpc) is 2.21. The molecule has 0 spiro atoms. The molecule has 3 heteroatoms. The third-order valence-corrected chi connectivity index (χ3v) is 1.98. The maximum absolute atomic E-state index is 11.4. The molecule has 0 N–H and O–H groups in total. The van der Waals surface area contributed by atoms with E-state index in [1.54, 1.807) is 6.08 Å². The molecular weight excluding hydrogens is 178 g/mol. The van der Waals surface area contributed by atoms with Crippen molar-refractivity contribution in [2.45, 2.75) is 26.7 Å². The van der Waals surface area contributed by atoms with Gasteiger partial charge in [0.1, 0.15) is 0 Å². The fourth-order valence-electron chi connectivity index (χ4n) is 1.14. The van der Waals surface area contributed by atoms with Crippen molar-refractivity contribution in [3.63, 3.8) is 0 Å². The van der Waals surface area contributed by atoms with Crippen molar-refractivity contribution in [2.24, 2.45) is 10.9 Å². The highest BCUT2D eigenvalue weighted by atomic mass is 16.5. The molecule has 14 heavy (non-hydrogen) atoms. The maximum Gasteiger partial charge on any atom is 0.314 e. The number of carbonyl (C=O) groups excluding carboxylic acids is 1. The van der Waals surface area contributed by atoms with Gasteiger partial charge in [-0.25, -0.2) is 0 Å². The first kappa shape index (κ1) is 12.9. The Morgan fingerprint density at radius 2 is 2.29 bits per heavy atom. The van der Waals surface area contributed by atoms with Crippen LogP contribution in [0.25, 0.3) is 0 Å². The van der Waals surface area contributed by atoms with E-state index in [9.17, 15) is 4.79 Å². The van der Waals surface area contributed by atoms with Crippen molar-refractivity contribution in [3.8, 4) is 0 Å². The van der Waals surface area contributed by atoms with Gasteiger partial charge in [0.2, 0.25) is 0 Å². The number of methoxy groups -OCH3 is 1. The van der Waals surface area contributed by atoms with E-state index in [0.29, 0.717) is 6.42 Å². The summed E-state index contributed by atoms with van der Waals surface area (Å²) in [7, 11) is 1.39. The first-order valence-corrected chi connectivity index (χ1v) is 4.87. The van der Waals surface area contributed by atoms with Gasteiger partial charge in [-0.3, -0.25) is 9.79 Å². The molecule has 0 amide bonds. The number of esters is 1. The summed E-state index contributed by atoms with van der Waals surface area (Å²) >= 11 is 0. The van der Waals surface area contributed by atoms with Gasteiger partial charge in [0.05, 0.1) is 13.0 Å². The summed E-state index contributed by atoms with van der Waals surface area (Å²) in [6.45, 7) is 8.29. The minimum Gasteiger partial charge on any atom is -0.469 e. The third kappa shape index (κ3) is 4.21. The number of nitrogens with zero attached hydrogens (tertiary/aromatic N) is 1. The van der Waals surface area contributed by atoms with Crippen LogP contribution in [-0.4, -0.2) is 25.3 Å². The summed E-state index contributed by atoms with van der Waals surface area (Å²) in [6, 6.07) is 0. The van der Waals surface area contributed by atoms with E-state index in [1.165, 1.54) is 7.11 Å². The molecular formula is C11H19NO2. The van der Waals surface area contributed by atoms with Crippen LogP contribution in [0.4, 0.5) is 0 Å². The molecule has 3 nitrogen and oxygen atoms in total. The van der Waals surface area contributed by atoms with Gasteiger partial charge in [0.15, 0.2) is 0 Å². The van der Waals surface area contributed by atoms with E-state index in [2.05, 4.69) is 18.5 Å². The molecule has 0 aliphatic heterocycles. The standard InChI is InChI=1S/C11H19NO2/c1-5-7-10(11(13)14-4)9(3)12-8-6-2/h5,10H,1,6-8H2,2-4H3. The highest BCUT2D eigenvalue weighted by Gasteiger charge is 2.20. The minimum absolute atomic E-state index is 0.234. The van der Waals surface area contributed by atoms with Gasteiger partial charge in [-0.05, 0) is 19.8 Å². The average molecular weight is 197 g/mol. The van der Waals surface area contributed by atoms with Crippen molar-refractivity contribution in [1.29, 1.82) is 0 Å². The van der Waals surface area contributed by atoms with Crippen LogP contribution in [0, 0.1) is 5.92 Å². The monoisotopic (exact) mass is 197 g/mol. The second-order valence-electron chi connectivity index (χ2n) is 3.12. The fraction of sp³-hybridized carbons (Fsp3) is 0.636. The Hall–Kier alpha value is -1.12. The van der Waals surface area contributed by atoms with E-state index < -0.39 is 0 Å². The highest BCUT2D eigenvalue weighted by molar-refractivity contribution is 6.01. The number of hydrogen-bond donors (Lipinski definition) is 0. The zero-order valence-corrected chi connectivity index (χ0v) is 9.25.